The molecule has 0 aliphatic carbocycles. The fourth-order valence-corrected chi connectivity index (χ4v) is 4.20. The van der Waals surface area contributed by atoms with E-state index in [4.69, 9.17) is 26.0 Å². The van der Waals surface area contributed by atoms with E-state index in [0.717, 1.165) is 50.0 Å². The molecule has 0 radical (unpaired) electrons. The van der Waals surface area contributed by atoms with Crippen molar-refractivity contribution in [3.05, 3.63) is 108 Å². The van der Waals surface area contributed by atoms with Crippen LogP contribution in [0.2, 0.25) is 5.02 Å². The third-order valence-electron chi connectivity index (χ3n) is 5.56. The van der Waals surface area contributed by atoms with Crippen LogP contribution in [0, 0.1) is 0 Å². The van der Waals surface area contributed by atoms with Crippen LogP contribution in [0.4, 0.5) is 0 Å². The van der Waals surface area contributed by atoms with E-state index in [0.29, 0.717) is 10.8 Å². The first-order chi connectivity index (χ1) is 15.8. The molecule has 0 atom stereocenters. The van der Waals surface area contributed by atoms with Gasteiger partial charge < -0.3 is 4.42 Å². The van der Waals surface area contributed by atoms with Gasteiger partial charge in [-0.1, -0.05) is 84.4 Å². The van der Waals surface area contributed by atoms with Crippen LogP contribution < -0.4 is 0 Å². The molecule has 2 aromatic heterocycles. The van der Waals surface area contributed by atoms with E-state index in [2.05, 4.69) is 24.3 Å². The number of benzene rings is 4. The zero-order valence-electron chi connectivity index (χ0n) is 17.0. The number of halogens is 1. The number of hydrogen-bond donors (Lipinski definition) is 0. The number of fused-ring (bicyclic) bond motifs is 3. The van der Waals surface area contributed by atoms with Gasteiger partial charge in [0.1, 0.15) is 11.2 Å². The number of hydrogen-bond acceptors (Lipinski definition) is 3. The number of para-hydroxylation sites is 1. The van der Waals surface area contributed by atoms with Crippen LogP contribution in [-0.4, -0.2) is 9.97 Å². The fraction of sp³-hybridized carbons (Fsp3) is 0. The molecule has 0 saturated carbocycles. The van der Waals surface area contributed by atoms with Crippen LogP contribution >= 0.6 is 11.6 Å². The molecule has 0 spiro atoms. The zero-order valence-corrected chi connectivity index (χ0v) is 17.8. The Morgan fingerprint density at radius 2 is 1.25 bits per heavy atom. The van der Waals surface area contributed by atoms with Crippen LogP contribution in [0.3, 0.4) is 0 Å². The highest BCUT2D eigenvalue weighted by Gasteiger charge is 2.16. The average Bonchev–Trinajstić information content (AvgIpc) is 3.23. The molecule has 0 bridgehead atoms. The Morgan fingerprint density at radius 1 is 0.594 bits per heavy atom. The maximum atomic E-state index is 6.25. The summed E-state index contributed by atoms with van der Waals surface area (Å²) in [5.41, 5.74) is 6.21. The lowest BCUT2D eigenvalue weighted by Gasteiger charge is -2.09. The summed E-state index contributed by atoms with van der Waals surface area (Å²) in [5.74, 6) is 0.626. The van der Waals surface area contributed by atoms with Crippen LogP contribution in [0.5, 0.6) is 0 Å². The van der Waals surface area contributed by atoms with Gasteiger partial charge in [0.25, 0.3) is 0 Å². The van der Waals surface area contributed by atoms with E-state index in [1.807, 2.05) is 78.9 Å². The van der Waals surface area contributed by atoms with Crippen LogP contribution in [-0.2, 0) is 0 Å². The topological polar surface area (TPSA) is 38.9 Å². The van der Waals surface area contributed by atoms with Crippen LogP contribution in [0.1, 0.15) is 0 Å². The molecule has 0 amide bonds. The van der Waals surface area contributed by atoms with Gasteiger partial charge in [-0.3, -0.25) is 0 Å². The van der Waals surface area contributed by atoms with Crippen LogP contribution in [0.25, 0.3) is 55.8 Å². The molecule has 6 aromatic rings. The minimum absolute atomic E-state index is 0.626. The van der Waals surface area contributed by atoms with Crippen molar-refractivity contribution in [3.63, 3.8) is 0 Å². The highest BCUT2D eigenvalue weighted by molar-refractivity contribution is 6.31. The lowest BCUT2D eigenvalue weighted by atomic mass is 10.1. The van der Waals surface area contributed by atoms with Gasteiger partial charge in [0.15, 0.2) is 5.82 Å². The molecule has 0 N–H and O–H groups in total. The first kappa shape index (κ1) is 18.8. The first-order valence-electron chi connectivity index (χ1n) is 10.4. The molecule has 4 aromatic carbocycles. The Bertz CT molecular complexity index is 1520. The lowest BCUT2D eigenvalue weighted by Crippen LogP contribution is -1.96. The molecular weight excluding hydrogens is 416 g/mol. The summed E-state index contributed by atoms with van der Waals surface area (Å²) in [4.78, 5) is 9.88. The molecule has 0 fully saturated rings. The molecule has 152 valence electrons. The van der Waals surface area contributed by atoms with Crippen molar-refractivity contribution in [1.82, 2.24) is 9.97 Å². The van der Waals surface area contributed by atoms with E-state index in [9.17, 15) is 0 Å². The maximum absolute atomic E-state index is 6.25. The van der Waals surface area contributed by atoms with Gasteiger partial charge in [0.05, 0.1) is 17.0 Å². The molecule has 2 heterocycles. The molecule has 0 aliphatic rings. The van der Waals surface area contributed by atoms with E-state index in [-0.39, 0.29) is 0 Å². The number of nitrogens with zero attached hydrogens (tertiary/aromatic N) is 2. The van der Waals surface area contributed by atoms with Gasteiger partial charge in [0.2, 0.25) is 0 Å². The number of furan rings is 1. The molecular formula is C28H17ClN2O. The Hall–Kier alpha value is -3.95. The monoisotopic (exact) mass is 432 g/mol. The Morgan fingerprint density at radius 3 is 1.91 bits per heavy atom. The average molecular weight is 433 g/mol. The van der Waals surface area contributed by atoms with Crippen LogP contribution in [0.15, 0.2) is 108 Å². The molecule has 6 rings (SSSR count). The molecule has 0 unspecified atom stereocenters. The van der Waals surface area contributed by atoms with Gasteiger partial charge in [-0.05, 0) is 30.3 Å². The van der Waals surface area contributed by atoms with Crippen molar-refractivity contribution >= 4 is 33.5 Å². The lowest BCUT2D eigenvalue weighted by molar-refractivity contribution is 0.669. The smallest absolute Gasteiger partial charge is 0.164 e. The molecule has 0 saturated heterocycles. The molecule has 0 aliphatic heterocycles. The maximum Gasteiger partial charge on any atom is 0.164 e. The highest BCUT2D eigenvalue weighted by atomic mass is 35.5. The van der Waals surface area contributed by atoms with Crippen molar-refractivity contribution in [1.29, 1.82) is 0 Å². The SMILES string of the molecule is Clc1ccc2oc3c(-c4nc(-c5ccccc5)cc(-c5ccccc5)n4)cccc3c2c1. The zero-order chi connectivity index (χ0) is 21.5. The van der Waals surface area contributed by atoms with E-state index >= 15 is 0 Å². The minimum atomic E-state index is 0.626. The summed E-state index contributed by atoms with van der Waals surface area (Å²) in [6.45, 7) is 0. The minimum Gasteiger partial charge on any atom is -0.455 e. The van der Waals surface area contributed by atoms with Crippen molar-refractivity contribution in [2.45, 2.75) is 0 Å². The quantitative estimate of drug-likeness (QED) is 0.284. The third kappa shape index (κ3) is 3.24. The van der Waals surface area contributed by atoms with Gasteiger partial charge >= 0.3 is 0 Å². The predicted molar refractivity (Wildman–Crippen MR) is 131 cm³/mol. The normalized spacial score (nSPS) is 11.3. The van der Waals surface area contributed by atoms with Gasteiger partial charge in [0, 0.05) is 26.9 Å². The Labute approximate surface area is 190 Å². The Balaban J connectivity index is 1.63. The fourth-order valence-electron chi connectivity index (χ4n) is 4.03. The van der Waals surface area contributed by atoms with E-state index < -0.39 is 0 Å². The second-order valence-electron chi connectivity index (χ2n) is 7.62. The standard InChI is InChI=1S/C28H17ClN2O/c29-20-14-15-26-23(16-20)21-12-7-13-22(27(21)32-26)28-30-24(18-8-3-1-4-9-18)17-25(31-28)19-10-5-2-6-11-19/h1-17H. The van der Waals surface area contributed by atoms with Crippen molar-refractivity contribution in [3.8, 4) is 33.9 Å². The predicted octanol–water partition coefficient (Wildman–Crippen LogP) is 8.03. The van der Waals surface area contributed by atoms with Crippen molar-refractivity contribution in [2.24, 2.45) is 0 Å². The molecule has 3 nitrogen and oxygen atoms in total. The summed E-state index contributed by atoms with van der Waals surface area (Å²) in [5, 5.41) is 2.66. The van der Waals surface area contributed by atoms with E-state index in [1.54, 1.807) is 0 Å². The second kappa shape index (κ2) is 7.63. The van der Waals surface area contributed by atoms with Gasteiger partial charge in [-0.15, -0.1) is 0 Å². The third-order valence-corrected chi connectivity index (χ3v) is 5.80. The summed E-state index contributed by atoms with van der Waals surface area (Å²) >= 11 is 6.24. The Kier molecular flexibility index (Phi) is 4.48. The summed E-state index contributed by atoms with van der Waals surface area (Å²) < 4.78 is 6.25. The summed E-state index contributed by atoms with van der Waals surface area (Å²) in [6.07, 6.45) is 0. The molecule has 4 heteroatoms. The van der Waals surface area contributed by atoms with Crippen molar-refractivity contribution < 1.29 is 4.42 Å². The summed E-state index contributed by atoms with van der Waals surface area (Å²) in [7, 11) is 0. The summed E-state index contributed by atoms with van der Waals surface area (Å²) in [6, 6.07) is 34.1. The highest BCUT2D eigenvalue weighted by Crippen LogP contribution is 2.37. The number of aromatic nitrogens is 2. The molecule has 32 heavy (non-hydrogen) atoms. The van der Waals surface area contributed by atoms with E-state index in [1.165, 1.54) is 0 Å². The largest absolute Gasteiger partial charge is 0.455 e. The van der Waals surface area contributed by atoms with Gasteiger partial charge in [-0.2, -0.15) is 0 Å². The van der Waals surface area contributed by atoms with Gasteiger partial charge in [-0.25, -0.2) is 9.97 Å². The second-order valence-corrected chi connectivity index (χ2v) is 8.06. The van der Waals surface area contributed by atoms with Crippen molar-refractivity contribution in [2.75, 3.05) is 0 Å². The number of rotatable bonds is 3. The first-order valence-corrected chi connectivity index (χ1v) is 10.8.